The SMILES string of the molecule is CCOCCN(C)c1ccc(F)cc1C(C)N. The molecule has 1 atom stereocenters. The zero-order valence-electron chi connectivity index (χ0n) is 10.7. The molecule has 1 unspecified atom stereocenters. The first-order valence-corrected chi connectivity index (χ1v) is 5.90. The van der Waals surface area contributed by atoms with Crippen LogP contribution in [-0.2, 0) is 4.74 Å². The predicted octanol–water partition coefficient (Wildman–Crippen LogP) is 2.32. The van der Waals surface area contributed by atoms with Gasteiger partial charge in [0.15, 0.2) is 0 Å². The lowest BCUT2D eigenvalue weighted by atomic mass is 10.1. The van der Waals surface area contributed by atoms with E-state index < -0.39 is 0 Å². The summed E-state index contributed by atoms with van der Waals surface area (Å²) in [4.78, 5) is 2.04. The maximum absolute atomic E-state index is 13.2. The molecule has 1 rings (SSSR count). The Bertz CT molecular complexity index is 355. The van der Waals surface area contributed by atoms with E-state index in [0.717, 1.165) is 17.8 Å². The fourth-order valence-electron chi connectivity index (χ4n) is 1.70. The van der Waals surface area contributed by atoms with Crippen molar-refractivity contribution < 1.29 is 9.13 Å². The molecule has 0 aromatic heterocycles. The molecule has 0 fully saturated rings. The van der Waals surface area contributed by atoms with Crippen molar-refractivity contribution in [3.63, 3.8) is 0 Å². The molecule has 1 aromatic rings. The monoisotopic (exact) mass is 240 g/mol. The second-order valence-electron chi connectivity index (χ2n) is 4.11. The third-order valence-electron chi connectivity index (χ3n) is 2.67. The second-order valence-corrected chi connectivity index (χ2v) is 4.11. The maximum atomic E-state index is 13.2. The summed E-state index contributed by atoms with van der Waals surface area (Å²) in [5.74, 6) is -0.251. The molecule has 0 aliphatic carbocycles. The molecule has 0 bridgehead atoms. The van der Waals surface area contributed by atoms with E-state index in [0.29, 0.717) is 13.2 Å². The minimum Gasteiger partial charge on any atom is -0.380 e. The molecule has 96 valence electrons. The van der Waals surface area contributed by atoms with Gasteiger partial charge in [0.05, 0.1) is 6.61 Å². The normalized spacial score (nSPS) is 12.5. The van der Waals surface area contributed by atoms with Crippen molar-refractivity contribution >= 4 is 5.69 Å². The van der Waals surface area contributed by atoms with Crippen LogP contribution in [0, 0.1) is 5.82 Å². The average molecular weight is 240 g/mol. The fourth-order valence-corrected chi connectivity index (χ4v) is 1.70. The van der Waals surface area contributed by atoms with Gasteiger partial charge in [0.2, 0.25) is 0 Å². The summed E-state index contributed by atoms with van der Waals surface area (Å²) < 4.78 is 18.5. The van der Waals surface area contributed by atoms with Gasteiger partial charge in [0.25, 0.3) is 0 Å². The lowest BCUT2D eigenvalue weighted by molar-refractivity contribution is 0.154. The van der Waals surface area contributed by atoms with Gasteiger partial charge in [-0.15, -0.1) is 0 Å². The predicted molar refractivity (Wildman–Crippen MR) is 68.8 cm³/mol. The Morgan fingerprint density at radius 2 is 2.18 bits per heavy atom. The second kappa shape index (κ2) is 6.57. The van der Waals surface area contributed by atoms with Gasteiger partial charge in [0, 0.05) is 31.9 Å². The standard InChI is InChI=1S/C13H21FN2O/c1-4-17-8-7-16(3)13-6-5-11(14)9-12(13)10(2)15/h5-6,9-10H,4,7-8,15H2,1-3H3. The number of nitrogens with zero attached hydrogens (tertiary/aromatic N) is 1. The smallest absolute Gasteiger partial charge is 0.123 e. The molecule has 0 spiro atoms. The highest BCUT2D eigenvalue weighted by molar-refractivity contribution is 5.54. The van der Waals surface area contributed by atoms with Gasteiger partial charge in [-0.1, -0.05) is 0 Å². The summed E-state index contributed by atoms with van der Waals surface area (Å²) in [5, 5.41) is 0. The first kappa shape index (κ1) is 13.9. The highest BCUT2D eigenvalue weighted by Gasteiger charge is 2.11. The molecule has 0 radical (unpaired) electrons. The van der Waals surface area contributed by atoms with Crippen molar-refractivity contribution in [1.29, 1.82) is 0 Å². The topological polar surface area (TPSA) is 38.5 Å². The molecule has 4 heteroatoms. The number of rotatable bonds is 6. The van der Waals surface area contributed by atoms with E-state index >= 15 is 0 Å². The molecule has 17 heavy (non-hydrogen) atoms. The van der Waals surface area contributed by atoms with E-state index in [9.17, 15) is 4.39 Å². The van der Waals surface area contributed by atoms with Gasteiger partial charge in [-0.05, 0) is 37.6 Å². The summed E-state index contributed by atoms with van der Waals surface area (Å²) in [5.41, 5.74) is 7.63. The van der Waals surface area contributed by atoms with Gasteiger partial charge in [-0.2, -0.15) is 0 Å². The minimum atomic E-state index is -0.251. The van der Waals surface area contributed by atoms with Crippen molar-refractivity contribution in [2.45, 2.75) is 19.9 Å². The number of ether oxygens (including phenoxy) is 1. The van der Waals surface area contributed by atoms with Crippen LogP contribution in [0.4, 0.5) is 10.1 Å². The zero-order chi connectivity index (χ0) is 12.8. The van der Waals surface area contributed by atoms with Gasteiger partial charge >= 0.3 is 0 Å². The molecule has 3 nitrogen and oxygen atoms in total. The molecule has 0 amide bonds. The van der Waals surface area contributed by atoms with Crippen molar-refractivity contribution in [3.8, 4) is 0 Å². The summed E-state index contributed by atoms with van der Waals surface area (Å²) in [7, 11) is 1.96. The number of hydrogen-bond donors (Lipinski definition) is 1. The van der Waals surface area contributed by atoms with Crippen molar-refractivity contribution in [2.24, 2.45) is 5.73 Å². The molecule has 0 saturated heterocycles. The molecule has 0 saturated carbocycles. The molecule has 2 N–H and O–H groups in total. The first-order valence-electron chi connectivity index (χ1n) is 5.90. The van der Waals surface area contributed by atoms with Crippen LogP contribution in [0.25, 0.3) is 0 Å². The van der Waals surface area contributed by atoms with E-state index in [1.54, 1.807) is 6.07 Å². The van der Waals surface area contributed by atoms with Crippen LogP contribution in [-0.4, -0.2) is 26.8 Å². The quantitative estimate of drug-likeness (QED) is 0.775. The number of hydrogen-bond acceptors (Lipinski definition) is 3. The summed E-state index contributed by atoms with van der Waals surface area (Å²) >= 11 is 0. The summed E-state index contributed by atoms with van der Waals surface area (Å²) in [6.45, 7) is 5.94. The van der Waals surface area contributed by atoms with Crippen molar-refractivity contribution in [3.05, 3.63) is 29.6 Å². The fraction of sp³-hybridized carbons (Fsp3) is 0.538. The average Bonchev–Trinajstić information content (AvgIpc) is 2.29. The largest absolute Gasteiger partial charge is 0.380 e. The Balaban J connectivity index is 2.81. The minimum absolute atomic E-state index is 0.185. The Morgan fingerprint density at radius 1 is 1.47 bits per heavy atom. The number of likely N-dealkylation sites (N-methyl/N-ethyl adjacent to an activating group) is 1. The van der Waals surface area contributed by atoms with Crippen LogP contribution in [0.1, 0.15) is 25.5 Å². The van der Waals surface area contributed by atoms with Crippen molar-refractivity contribution in [1.82, 2.24) is 0 Å². The van der Waals surface area contributed by atoms with Gasteiger partial charge in [0.1, 0.15) is 5.82 Å². The third kappa shape index (κ3) is 3.98. The maximum Gasteiger partial charge on any atom is 0.123 e. The highest BCUT2D eigenvalue weighted by Crippen LogP contribution is 2.25. The Morgan fingerprint density at radius 3 is 2.76 bits per heavy atom. The van der Waals surface area contributed by atoms with E-state index in [-0.39, 0.29) is 11.9 Å². The number of halogens is 1. The Hall–Kier alpha value is -1.13. The lowest BCUT2D eigenvalue weighted by Gasteiger charge is -2.23. The summed E-state index contributed by atoms with van der Waals surface area (Å²) in [6.07, 6.45) is 0. The van der Waals surface area contributed by atoms with E-state index in [4.69, 9.17) is 10.5 Å². The number of anilines is 1. The van der Waals surface area contributed by atoms with Crippen LogP contribution >= 0.6 is 0 Å². The van der Waals surface area contributed by atoms with Gasteiger partial charge in [-0.25, -0.2) is 4.39 Å². The molecule has 0 heterocycles. The molecular weight excluding hydrogens is 219 g/mol. The van der Waals surface area contributed by atoms with E-state index in [1.165, 1.54) is 12.1 Å². The van der Waals surface area contributed by atoms with Crippen LogP contribution in [0.2, 0.25) is 0 Å². The molecule has 0 aliphatic heterocycles. The molecule has 1 aromatic carbocycles. The highest BCUT2D eigenvalue weighted by atomic mass is 19.1. The zero-order valence-corrected chi connectivity index (χ0v) is 10.7. The van der Waals surface area contributed by atoms with Crippen LogP contribution in [0.3, 0.4) is 0 Å². The van der Waals surface area contributed by atoms with Crippen LogP contribution < -0.4 is 10.6 Å². The lowest BCUT2D eigenvalue weighted by Crippen LogP contribution is -2.25. The Kier molecular flexibility index (Phi) is 5.38. The van der Waals surface area contributed by atoms with Crippen LogP contribution in [0.5, 0.6) is 0 Å². The third-order valence-corrected chi connectivity index (χ3v) is 2.67. The van der Waals surface area contributed by atoms with Crippen LogP contribution in [0.15, 0.2) is 18.2 Å². The summed E-state index contributed by atoms with van der Waals surface area (Å²) in [6, 6.07) is 4.53. The Labute approximate surface area is 102 Å². The number of benzene rings is 1. The van der Waals surface area contributed by atoms with Gasteiger partial charge in [-0.3, -0.25) is 0 Å². The van der Waals surface area contributed by atoms with E-state index in [1.807, 2.05) is 25.8 Å². The van der Waals surface area contributed by atoms with Gasteiger partial charge < -0.3 is 15.4 Å². The molecule has 0 aliphatic rings. The molecular formula is C13H21FN2O. The van der Waals surface area contributed by atoms with Crippen molar-refractivity contribution in [2.75, 3.05) is 31.7 Å². The first-order chi connectivity index (χ1) is 8.06. The van der Waals surface area contributed by atoms with E-state index in [2.05, 4.69) is 0 Å². The number of nitrogens with two attached hydrogens (primary N) is 1.